The zero-order chi connectivity index (χ0) is 14.5. The predicted molar refractivity (Wildman–Crippen MR) is 85.0 cm³/mol. The first-order valence-electron chi connectivity index (χ1n) is 6.48. The molecule has 106 valence electrons. The lowest BCUT2D eigenvalue weighted by Crippen LogP contribution is -2.22. The van der Waals surface area contributed by atoms with E-state index in [2.05, 4.69) is 12.2 Å². The Balaban J connectivity index is 2.46. The van der Waals surface area contributed by atoms with Crippen molar-refractivity contribution in [2.24, 2.45) is 0 Å². The van der Waals surface area contributed by atoms with E-state index in [0.717, 1.165) is 23.4 Å². The molecule has 1 N–H and O–H groups in total. The molecule has 0 bridgehead atoms. The Kier molecular flexibility index (Phi) is 5.30. The molecule has 2 aromatic carbocycles. The van der Waals surface area contributed by atoms with E-state index in [4.69, 9.17) is 27.9 Å². The smallest absolute Gasteiger partial charge is 0.119 e. The van der Waals surface area contributed by atoms with Crippen molar-refractivity contribution in [1.82, 2.24) is 5.32 Å². The van der Waals surface area contributed by atoms with Crippen LogP contribution in [0.15, 0.2) is 42.5 Å². The van der Waals surface area contributed by atoms with Crippen molar-refractivity contribution in [2.75, 3.05) is 13.7 Å². The van der Waals surface area contributed by atoms with Crippen molar-refractivity contribution in [2.45, 2.75) is 13.0 Å². The molecule has 2 aromatic rings. The fourth-order valence-electron chi connectivity index (χ4n) is 2.17. The van der Waals surface area contributed by atoms with Crippen molar-refractivity contribution in [3.63, 3.8) is 0 Å². The number of halogens is 2. The molecular formula is C16H17Cl2NO. The second-order valence-corrected chi connectivity index (χ2v) is 5.28. The van der Waals surface area contributed by atoms with Crippen LogP contribution in [-0.2, 0) is 0 Å². The molecule has 2 nitrogen and oxygen atoms in total. The molecule has 2 rings (SSSR count). The van der Waals surface area contributed by atoms with Crippen LogP contribution in [0.4, 0.5) is 0 Å². The van der Waals surface area contributed by atoms with E-state index in [-0.39, 0.29) is 6.04 Å². The van der Waals surface area contributed by atoms with Gasteiger partial charge in [-0.1, -0.05) is 42.3 Å². The first-order chi connectivity index (χ1) is 9.65. The van der Waals surface area contributed by atoms with Gasteiger partial charge in [0.15, 0.2) is 0 Å². The standard InChI is InChI=1S/C16H17Cl2NO/c1-3-19-16(11-5-4-6-13(9-11)20-2)14-10-12(17)7-8-15(14)18/h4-10,16,19H,3H2,1-2H3. The molecule has 0 saturated carbocycles. The molecule has 0 aliphatic carbocycles. The van der Waals surface area contributed by atoms with Gasteiger partial charge in [-0.25, -0.2) is 0 Å². The van der Waals surface area contributed by atoms with Crippen LogP contribution in [0, 0.1) is 0 Å². The fourth-order valence-corrected chi connectivity index (χ4v) is 2.58. The summed E-state index contributed by atoms with van der Waals surface area (Å²) in [6, 6.07) is 13.4. The highest BCUT2D eigenvalue weighted by molar-refractivity contribution is 6.33. The Morgan fingerprint density at radius 1 is 1.15 bits per heavy atom. The van der Waals surface area contributed by atoms with Gasteiger partial charge in [0.2, 0.25) is 0 Å². The summed E-state index contributed by atoms with van der Waals surface area (Å²) in [4.78, 5) is 0. The molecule has 0 aliphatic heterocycles. The van der Waals surface area contributed by atoms with Gasteiger partial charge in [0, 0.05) is 10.0 Å². The Morgan fingerprint density at radius 2 is 1.95 bits per heavy atom. The monoisotopic (exact) mass is 309 g/mol. The lowest BCUT2D eigenvalue weighted by Gasteiger charge is -2.21. The first kappa shape index (κ1) is 15.2. The van der Waals surface area contributed by atoms with E-state index in [9.17, 15) is 0 Å². The third-order valence-electron chi connectivity index (χ3n) is 3.10. The summed E-state index contributed by atoms with van der Waals surface area (Å²) < 4.78 is 5.29. The summed E-state index contributed by atoms with van der Waals surface area (Å²) in [5.74, 6) is 0.823. The average molecular weight is 310 g/mol. The Morgan fingerprint density at radius 3 is 2.65 bits per heavy atom. The molecule has 1 unspecified atom stereocenters. The van der Waals surface area contributed by atoms with Gasteiger partial charge in [0.25, 0.3) is 0 Å². The van der Waals surface area contributed by atoms with Crippen LogP contribution in [0.2, 0.25) is 10.0 Å². The lowest BCUT2D eigenvalue weighted by molar-refractivity contribution is 0.413. The number of nitrogens with one attached hydrogen (secondary N) is 1. The summed E-state index contributed by atoms with van der Waals surface area (Å²) in [6.07, 6.45) is 0. The molecule has 20 heavy (non-hydrogen) atoms. The first-order valence-corrected chi connectivity index (χ1v) is 7.23. The van der Waals surface area contributed by atoms with Crippen molar-refractivity contribution in [3.8, 4) is 5.75 Å². The second-order valence-electron chi connectivity index (χ2n) is 4.43. The number of ether oxygens (including phenoxy) is 1. The molecule has 1 atom stereocenters. The molecule has 0 fully saturated rings. The molecule has 0 saturated heterocycles. The molecule has 0 radical (unpaired) electrons. The number of hydrogen-bond acceptors (Lipinski definition) is 2. The quantitative estimate of drug-likeness (QED) is 0.864. The Labute approximate surface area is 129 Å². The molecule has 0 spiro atoms. The van der Waals surface area contributed by atoms with Crippen LogP contribution in [0.1, 0.15) is 24.1 Å². The van der Waals surface area contributed by atoms with Gasteiger partial charge >= 0.3 is 0 Å². The molecule has 0 aromatic heterocycles. The maximum Gasteiger partial charge on any atom is 0.119 e. The van der Waals surface area contributed by atoms with Gasteiger partial charge in [-0.05, 0) is 48.0 Å². The SMILES string of the molecule is CCNC(c1cccc(OC)c1)c1cc(Cl)ccc1Cl. The number of hydrogen-bond donors (Lipinski definition) is 1. The van der Waals surface area contributed by atoms with Gasteiger partial charge in [-0.15, -0.1) is 0 Å². The second kappa shape index (κ2) is 6.98. The molecule has 0 heterocycles. The van der Waals surface area contributed by atoms with Crippen molar-refractivity contribution < 1.29 is 4.74 Å². The number of benzene rings is 2. The van der Waals surface area contributed by atoms with Gasteiger partial charge < -0.3 is 10.1 Å². The van der Waals surface area contributed by atoms with Crippen molar-refractivity contribution in [3.05, 3.63) is 63.6 Å². The summed E-state index contributed by atoms with van der Waals surface area (Å²) in [6.45, 7) is 2.89. The van der Waals surface area contributed by atoms with Crippen LogP contribution >= 0.6 is 23.2 Å². The lowest BCUT2D eigenvalue weighted by atomic mass is 9.98. The van der Waals surface area contributed by atoms with E-state index < -0.39 is 0 Å². The fraction of sp³-hybridized carbons (Fsp3) is 0.250. The Bertz CT molecular complexity index is 586. The number of methoxy groups -OCH3 is 1. The van der Waals surface area contributed by atoms with Crippen LogP contribution < -0.4 is 10.1 Å². The predicted octanol–water partition coefficient (Wildman–Crippen LogP) is 4.70. The summed E-state index contributed by atoms with van der Waals surface area (Å²) in [5.41, 5.74) is 2.06. The third-order valence-corrected chi connectivity index (χ3v) is 3.68. The third kappa shape index (κ3) is 3.45. The van der Waals surface area contributed by atoms with Gasteiger partial charge in [-0.2, -0.15) is 0 Å². The van der Waals surface area contributed by atoms with Crippen LogP contribution in [0.3, 0.4) is 0 Å². The minimum Gasteiger partial charge on any atom is -0.497 e. The van der Waals surface area contributed by atoms with E-state index in [0.29, 0.717) is 10.0 Å². The zero-order valence-corrected chi connectivity index (χ0v) is 13.0. The highest BCUT2D eigenvalue weighted by atomic mass is 35.5. The molecule has 0 amide bonds. The van der Waals surface area contributed by atoms with Crippen LogP contribution in [0.25, 0.3) is 0 Å². The molecule has 0 aliphatic rings. The topological polar surface area (TPSA) is 21.3 Å². The molecule has 4 heteroatoms. The van der Waals surface area contributed by atoms with E-state index in [1.165, 1.54) is 0 Å². The number of rotatable bonds is 5. The van der Waals surface area contributed by atoms with Crippen LogP contribution in [0.5, 0.6) is 5.75 Å². The van der Waals surface area contributed by atoms with E-state index in [1.54, 1.807) is 13.2 Å². The molecular weight excluding hydrogens is 293 g/mol. The van der Waals surface area contributed by atoms with Gasteiger partial charge in [0.05, 0.1) is 13.2 Å². The minimum absolute atomic E-state index is 0.0127. The minimum atomic E-state index is -0.0127. The summed E-state index contributed by atoms with van der Waals surface area (Å²) >= 11 is 12.4. The Hall–Kier alpha value is -1.22. The van der Waals surface area contributed by atoms with Crippen molar-refractivity contribution in [1.29, 1.82) is 0 Å². The van der Waals surface area contributed by atoms with Gasteiger partial charge in [-0.3, -0.25) is 0 Å². The highest BCUT2D eigenvalue weighted by Gasteiger charge is 2.17. The maximum atomic E-state index is 6.32. The highest BCUT2D eigenvalue weighted by Crippen LogP contribution is 2.31. The van der Waals surface area contributed by atoms with Crippen LogP contribution in [-0.4, -0.2) is 13.7 Å². The van der Waals surface area contributed by atoms with Crippen molar-refractivity contribution >= 4 is 23.2 Å². The summed E-state index contributed by atoms with van der Waals surface area (Å²) in [7, 11) is 1.66. The van der Waals surface area contributed by atoms with E-state index in [1.807, 2.05) is 36.4 Å². The van der Waals surface area contributed by atoms with Gasteiger partial charge in [0.1, 0.15) is 5.75 Å². The van der Waals surface area contributed by atoms with E-state index >= 15 is 0 Å². The average Bonchev–Trinajstić information content (AvgIpc) is 2.47. The zero-order valence-electron chi connectivity index (χ0n) is 11.5. The summed E-state index contributed by atoms with van der Waals surface area (Å²) in [5, 5.41) is 4.81. The normalized spacial score (nSPS) is 12.2. The largest absolute Gasteiger partial charge is 0.497 e. The maximum absolute atomic E-state index is 6.32.